The number of carboxylic acids is 1. The van der Waals surface area contributed by atoms with Gasteiger partial charge in [-0.3, -0.25) is 4.90 Å². The highest BCUT2D eigenvalue weighted by molar-refractivity contribution is 5.87. The molecule has 3 rings (SSSR count). The van der Waals surface area contributed by atoms with E-state index >= 15 is 0 Å². The number of benzene rings is 2. The van der Waals surface area contributed by atoms with E-state index in [1.165, 1.54) is 6.07 Å². The van der Waals surface area contributed by atoms with Crippen LogP contribution in [0.2, 0.25) is 0 Å². The van der Waals surface area contributed by atoms with E-state index in [2.05, 4.69) is 4.90 Å². The number of carboxylic acid groups (broad SMARTS) is 1. The fraction of sp³-hybridized carbons (Fsp3) is 0.278. The second kappa shape index (κ2) is 6.28. The fourth-order valence-corrected chi connectivity index (χ4v) is 3.02. The minimum atomic E-state index is -0.904. The van der Waals surface area contributed by atoms with Gasteiger partial charge in [0.1, 0.15) is 5.82 Å². The van der Waals surface area contributed by atoms with Crippen LogP contribution in [0.15, 0.2) is 48.5 Å². The quantitative estimate of drug-likeness (QED) is 0.939. The number of hydrogen-bond donors (Lipinski definition) is 1. The van der Waals surface area contributed by atoms with E-state index in [-0.39, 0.29) is 5.82 Å². The van der Waals surface area contributed by atoms with Crippen LogP contribution in [0.25, 0.3) is 0 Å². The SMILES string of the molecule is O=C(O)c1ccc(CN2CCC(c3cccc(F)c3)C2)cc1. The summed E-state index contributed by atoms with van der Waals surface area (Å²) in [6.45, 7) is 2.68. The van der Waals surface area contributed by atoms with Gasteiger partial charge in [-0.05, 0) is 54.3 Å². The molecule has 4 heteroatoms. The monoisotopic (exact) mass is 299 g/mol. The predicted octanol–water partition coefficient (Wildman–Crippen LogP) is 3.51. The average molecular weight is 299 g/mol. The minimum absolute atomic E-state index is 0.180. The first-order chi connectivity index (χ1) is 10.6. The number of nitrogens with zero attached hydrogens (tertiary/aromatic N) is 1. The van der Waals surface area contributed by atoms with Gasteiger partial charge in [0.2, 0.25) is 0 Å². The van der Waals surface area contributed by atoms with Gasteiger partial charge in [0.25, 0.3) is 0 Å². The van der Waals surface area contributed by atoms with Gasteiger partial charge < -0.3 is 5.11 Å². The van der Waals surface area contributed by atoms with Crippen molar-refractivity contribution >= 4 is 5.97 Å². The number of aromatic carboxylic acids is 1. The third-order valence-electron chi connectivity index (χ3n) is 4.20. The molecule has 0 amide bonds. The molecule has 1 heterocycles. The summed E-state index contributed by atoms with van der Waals surface area (Å²) < 4.78 is 13.3. The van der Waals surface area contributed by atoms with E-state index in [1.54, 1.807) is 24.3 Å². The van der Waals surface area contributed by atoms with Crippen molar-refractivity contribution in [3.05, 3.63) is 71.0 Å². The Morgan fingerprint density at radius 3 is 2.68 bits per heavy atom. The van der Waals surface area contributed by atoms with Crippen LogP contribution in [0, 0.1) is 5.82 Å². The number of rotatable bonds is 4. The molecule has 2 aromatic carbocycles. The molecule has 0 aromatic heterocycles. The zero-order valence-electron chi connectivity index (χ0n) is 12.2. The summed E-state index contributed by atoms with van der Waals surface area (Å²) >= 11 is 0. The van der Waals surface area contributed by atoms with Gasteiger partial charge in [0.15, 0.2) is 0 Å². The Kier molecular flexibility index (Phi) is 4.20. The van der Waals surface area contributed by atoms with Crippen molar-refractivity contribution in [1.29, 1.82) is 0 Å². The summed E-state index contributed by atoms with van der Waals surface area (Å²) in [4.78, 5) is 13.2. The molecule has 1 aliphatic heterocycles. The van der Waals surface area contributed by atoms with Crippen LogP contribution in [0.3, 0.4) is 0 Å². The lowest BCUT2D eigenvalue weighted by Crippen LogP contribution is -2.19. The first-order valence-electron chi connectivity index (χ1n) is 7.42. The minimum Gasteiger partial charge on any atom is -0.478 e. The van der Waals surface area contributed by atoms with Crippen molar-refractivity contribution in [2.75, 3.05) is 13.1 Å². The molecule has 0 bridgehead atoms. The third-order valence-corrected chi connectivity index (χ3v) is 4.20. The van der Waals surface area contributed by atoms with E-state index in [4.69, 9.17) is 5.11 Å². The molecule has 1 N–H and O–H groups in total. The number of hydrogen-bond acceptors (Lipinski definition) is 2. The summed E-state index contributed by atoms with van der Waals surface area (Å²) in [6, 6.07) is 13.8. The molecule has 0 radical (unpaired) electrons. The fourth-order valence-electron chi connectivity index (χ4n) is 3.02. The molecule has 3 nitrogen and oxygen atoms in total. The topological polar surface area (TPSA) is 40.5 Å². The summed E-state index contributed by atoms with van der Waals surface area (Å²) in [5.74, 6) is -0.715. The highest BCUT2D eigenvalue weighted by atomic mass is 19.1. The molecule has 2 aromatic rings. The Hall–Kier alpha value is -2.20. The normalized spacial score (nSPS) is 18.5. The van der Waals surface area contributed by atoms with Crippen molar-refractivity contribution < 1.29 is 14.3 Å². The molecule has 1 aliphatic rings. The largest absolute Gasteiger partial charge is 0.478 e. The average Bonchev–Trinajstić information content (AvgIpc) is 2.96. The Bertz CT molecular complexity index is 669. The maximum atomic E-state index is 13.3. The Labute approximate surface area is 129 Å². The van der Waals surface area contributed by atoms with E-state index < -0.39 is 5.97 Å². The highest BCUT2D eigenvalue weighted by Crippen LogP contribution is 2.28. The van der Waals surface area contributed by atoms with Crippen LogP contribution >= 0.6 is 0 Å². The maximum absolute atomic E-state index is 13.3. The summed E-state index contributed by atoms with van der Waals surface area (Å²) in [5, 5.41) is 8.90. The second-order valence-corrected chi connectivity index (χ2v) is 5.78. The predicted molar refractivity (Wildman–Crippen MR) is 82.4 cm³/mol. The molecule has 1 atom stereocenters. The van der Waals surface area contributed by atoms with Crippen molar-refractivity contribution in [2.45, 2.75) is 18.9 Å². The molecule has 1 saturated heterocycles. The zero-order valence-corrected chi connectivity index (χ0v) is 12.2. The van der Waals surface area contributed by atoms with Crippen LogP contribution in [0.1, 0.15) is 33.8 Å². The van der Waals surface area contributed by atoms with Gasteiger partial charge in [-0.25, -0.2) is 9.18 Å². The Morgan fingerprint density at radius 1 is 1.23 bits per heavy atom. The summed E-state index contributed by atoms with van der Waals surface area (Å²) in [5.41, 5.74) is 2.47. The van der Waals surface area contributed by atoms with Crippen molar-refractivity contribution in [1.82, 2.24) is 4.90 Å². The lowest BCUT2D eigenvalue weighted by molar-refractivity contribution is 0.0697. The maximum Gasteiger partial charge on any atom is 0.335 e. The van der Waals surface area contributed by atoms with Crippen molar-refractivity contribution in [3.8, 4) is 0 Å². The molecule has 1 fully saturated rings. The highest BCUT2D eigenvalue weighted by Gasteiger charge is 2.24. The molecular weight excluding hydrogens is 281 g/mol. The molecule has 0 spiro atoms. The van der Waals surface area contributed by atoms with Crippen LogP contribution in [0.4, 0.5) is 4.39 Å². The Morgan fingerprint density at radius 2 is 2.00 bits per heavy atom. The van der Waals surface area contributed by atoms with Gasteiger partial charge in [-0.1, -0.05) is 24.3 Å². The van der Waals surface area contributed by atoms with Gasteiger partial charge in [0.05, 0.1) is 5.56 Å². The molecular formula is C18H18FNO2. The van der Waals surface area contributed by atoms with Gasteiger partial charge in [0, 0.05) is 13.1 Å². The Balaban J connectivity index is 1.62. The van der Waals surface area contributed by atoms with E-state index in [0.29, 0.717) is 11.5 Å². The van der Waals surface area contributed by atoms with Gasteiger partial charge >= 0.3 is 5.97 Å². The number of carbonyl (C=O) groups is 1. The van der Waals surface area contributed by atoms with E-state index in [1.807, 2.05) is 18.2 Å². The van der Waals surface area contributed by atoms with Gasteiger partial charge in [-0.15, -0.1) is 0 Å². The molecule has 114 valence electrons. The first-order valence-corrected chi connectivity index (χ1v) is 7.42. The summed E-state index contributed by atoms with van der Waals surface area (Å²) in [7, 11) is 0. The number of halogens is 1. The van der Waals surface area contributed by atoms with Crippen LogP contribution < -0.4 is 0 Å². The van der Waals surface area contributed by atoms with Crippen molar-refractivity contribution in [3.63, 3.8) is 0 Å². The zero-order chi connectivity index (χ0) is 15.5. The van der Waals surface area contributed by atoms with Crippen LogP contribution in [0.5, 0.6) is 0 Å². The lowest BCUT2D eigenvalue weighted by atomic mass is 9.98. The molecule has 0 aliphatic carbocycles. The van der Waals surface area contributed by atoms with Crippen molar-refractivity contribution in [2.24, 2.45) is 0 Å². The third kappa shape index (κ3) is 3.34. The van der Waals surface area contributed by atoms with Crippen LogP contribution in [-0.2, 0) is 6.54 Å². The number of likely N-dealkylation sites (tertiary alicyclic amines) is 1. The first kappa shape index (κ1) is 14.7. The molecule has 0 saturated carbocycles. The smallest absolute Gasteiger partial charge is 0.335 e. The van der Waals surface area contributed by atoms with Crippen LogP contribution in [-0.4, -0.2) is 29.1 Å². The second-order valence-electron chi connectivity index (χ2n) is 5.78. The van der Waals surface area contributed by atoms with E-state index in [9.17, 15) is 9.18 Å². The summed E-state index contributed by atoms with van der Waals surface area (Å²) in [6.07, 6.45) is 1.02. The van der Waals surface area contributed by atoms with Gasteiger partial charge in [-0.2, -0.15) is 0 Å². The molecule has 1 unspecified atom stereocenters. The van der Waals surface area contributed by atoms with E-state index in [0.717, 1.165) is 37.2 Å². The standard InChI is InChI=1S/C18H18FNO2/c19-17-3-1-2-15(10-17)16-8-9-20(12-16)11-13-4-6-14(7-5-13)18(21)22/h1-7,10,16H,8-9,11-12H2,(H,21,22). The molecule has 22 heavy (non-hydrogen) atoms. The lowest BCUT2D eigenvalue weighted by Gasteiger charge is -2.16.